The summed E-state index contributed by atoms with van der Waals surface area (Å²) in [6.07, 6.45) is 2.79. The molecule has 0 aromatic carbocycles. The molecular weight excluding hydrogens is 276 g/mol. The first-order chi connectivity index (χ1) is 9.91. The Balaban J connectivity index is 2.20. The summed E-state index contributed by atoms with van der Waals surface area (Å²) in [5.74, 6) is -2.45. The van der Waals surface area contributed by atoms with Crippen molar-refractivity contribution >= 4 is 17.9 Å². The molecule has 1 saturated carbocycles. The van der Waals surface area contributed by atoms with Gasteiger partial charge in [-0.25, -0.2) is 4.79 Å². The molecule has 1 fully saturated rings. The molecule has 0 spiro atoms. The summed E-state index contributed by atoms with van der Waals surface area (Å²) in [6.45, 7) is 5.35. The van der Waals surface area contributed by atoms with Gasteiger partial charge in [0.1, 0.15) is 0 Å². The van der Waals surface area contributed by atoms with Crippen molar-refractivity contribution in [1.29, 1.82) is 0 Å². The minimum absolute atomic E-state index is 0.163. The Labute approximate surface area is 124 Å². The molecule has 118 valence electrons. The maximum absolute atomic E-state index is 11.8. The van der Waals surface area contributed by atoms with Crippen molar-refractivity contribution in [2.24, 2.45) is 11.8 Å². The molecule has 0 radical (unpaired) electrons. The van der Waals surface area contributed by atoms with Crippen LogP contribution in [0.1, 0.15) is 39.0 Å². The molecule has 2 atom stereocenters. The molecule has 21 heavy (non-hydrogen) atoms. The smallest absolute Gasteiger partial charge is 0.333 e. The minimum atomic E-state index is -0.848. The Hall–Kier alpha value is -1.85. The van der Waals surface area contributed by atoms with Gasteiger partial charge in [0.05, 0.1) is 25.0 Å². The minimum Gasteiger partial charge on any atom is -0.481 e. The summed E-state index contributed by atoms with van der Waals surface area (Å²) in [4.78, 5) is 33.9. The highest BCUT2D eigenvalue weighted by molar-refractivity contribution is 5.86. The maximum Gasteiger partial charge on any atom is 0.333 e. The van der Waals surface area contributed by atoms with Gasteiger partial charge in [0.15, 0.2) is 0 Å². The Bertz CT molecular complexity index is 414. The molecule has 6 nitrogen and oxygen atoms in total. The third-order valence-electron chi connectivity index (χ3n) is 3.47. The zero-order valence-corrected chi connectivity index (χ0v) is 12.3. The third kappa shape index (κ3) is 5.97. The van der Waals surface area contributed by atoms with Crippen LogP contribution in [0.2, 0.25) is 0 Å². The number of rotatable bonds is 7. The summed E-state index contributed by atoms with van der Waals surface area (Å²) >= 11 is 0. The van der Waals surface area contributed by atoms with E-state index in [0.717, 1.165) is 6.42 Å². The zero-order valence-electron chi connectivity index (χ0n) is 12.3. The number of carbonyl (C=O) groups is 3. The fourth-order valence-electron chi connectivity index (χ4n) is 2.27. The monoisotopic (exact) mass is 298 g/mol. The topological polar surface area (TPSA) is 89.9 Å². The lowest BCUT2D eigenvalue weighted by Gasteiger charge is -2.24. The van der Waals surface area contributed by atoms with Gasteiger partial charge in [-0.05, 0) is 26.2 Å². The first-order valence-corrected chi connectivity index (χ1v) is 7.14. The molecule has 2 unspecified atom stereocenters. The average molecular weight is 298 g/mol. The first-order valence-electron chi connectivity index (χ1n) is 7.14. The van der Waals surface area contributed by atoms with E-state index in [0.29, 0.717) is 31.3 Å². The normalized spacial score (nSPS) is 21.4. The van der Waals surface area contributed by atoms with Gasteiger partial charge in [-0.2, -0.15) is 0 Å². The Kier molecular flexibility index (Phi) is 6.91. The molecule has 0 aromatic rings. The fourth-order valence-corrected chi connectivity index (χ4v) is 2.27. The van der Waals surface area contributed by atoms with Crippen molar-refractivity contribution in [2.45, 2.75) is 39.0 Å². The van der Waals surface area contributed by atoms with Gasteiger partial charge in [0.25, 0.3) is 0 Å². The molecule has 0 aliphatic heterocycles. The quantitative estimate of drug-likeness (QED) is 0.439. The van der Waals surface area contributed by atoms with Crippen LogP contribution in [-0.2, 0) is 23.9 Å². The van der Waals surface area contributed by atoms with Gasteiger partial charge in [-0.3, -0.25) is 9.59 Å². The second-order valence-electron chi connectivity index (χ2n) is 5.34. The molecule has 1 aliphatic rings. The van der Waals surface area contributed by atoms with Gasteiger partial charge in [0, 0.05) is 12.0 Å². The van der Waals surface area contributed by atoms with Gasteiger partial charge < -0.3 is 14.6 Å². The summed E-state index contributed by atoms with van der Waals surface area (Å²) in [7, 11) is 0. The van der Waals surface area contributed by atoms with E-state index < -0.39 is 17.9 Å². The Morgan fingerprint density at radius 3 is 2.38 bits per heavy atom. The summed E-state index contributed by atoms with van der Waals surface area (Å²) in [6, 6.07) is 0. The fraction of sp³-hybridized carbons (Fsp3) is 0.667. The number of hydrogen-bond donors (Lipinski definition) is 1. The van der Waals surface area contributed by atoms with Crippen molar-refractivity contribution in [3.63, 3.8) is 0 Å². The lowest BCUT2D eigenvalue weighted by molar-refractivity contribution is -0.152. The van der Waals surface area contributed by atoms with Crippen molar-refractivity contribution in [3.8, 4) is 0 Å². The second kappa shape index (κ2) is 8.44. The van der Waals surface area contributed by atoms with E-state index in [1.807, 2.05) is 0 Å². The largest absolute Gasteiger partial charge is 0.481 e. The first kappa shape index (κ1) is 17.2. The number of ether oxygens (including phenoxy) is 2. The molecule has 0 amide bonds. The SMILES string of the molecule is C=C(C)C(=O)OCCCOC(=O)C1CCCC(C(=O)O)C1. The van der Waals surface area contributed by atoms with Crippen LogP contribution < -0.4 is 0 Å². The molecule has 0 saturated heterocycles. The number of carbonyl (C=O) groups excluding carboxylic acids is 2. The predicted octanol–water partition coefficient (Wildman–Crippen LogP) is 1.93. The Morgan fingerprint density at radius 2 is 1.76 bits per heavy atom. The molecule has 0 heterocycles. The predicted molar refractivity (Wildman–Crippen MR) is 74.4 cm³/mol. The number of esters is 2. The van der Waals surface area contributed by atoms with E-state index in [4.69, 9.17) is 14.6 Å². The van der Waals surface area contributed by atoms with E-state index in [1.54, 1.807) is 6.92 Å². The van der Waals surface area contributed by atoms with E-state index >= 15 is 0 Å². The van der Waals surface area contributed by atoms with Crippen LogP contribution in [0.5, 0.6) is 0 Å². The number of aliphatic carboxylic acids is 1. The van der Waals surface area contributed by atoms with E-state index in [1.165, 1.54) is 0 Å². The van der Waals surface area contributed by atoms with Crippen LogP contribution in [0.25, 0.3) is 0 Å². The Morgan fingerprint density at radius 1 is 1.14 bits per heavy atom. The summed E-state index contributed by atoms with van der Waals surface area (Å²) in [5.41, 5.74) is 0.328. The molecule has 1 N–H and O–H groups in total. The molecule has 6 heteroatoms. The summed E-state index contributed by atoms with van der Waals surface area (Å²) < 4.78 is 9.98. The van der Waals surface area contributed by atoms with Gasteiger partial charge >= 0.3 is 17.9 Å². The highest BCUT2D eigenvalue weighted by atomic mass is 16.5. The van der Waals surface area contributed by atoms with Crippen LogP contribution in [0.4, 0.5) is 0 Å². The van der Waals surface area contributed by atoms with Crippen LogP contribution >= 0.6 is 0 Å². The van der Waals surface area contributed by atoms with Crippen LogP contribution in [0.3, 0.4) is 0 Å². The second-order valence-corrected chi connectivity index (χ2v) is 5.34. The van der Waals surface area contributed by atoms with Crippen molar-refractivity contribution in [1.82, 2.24) is 0 Å². The lowest BCUT2D eigenvalue weighted by Crippen LogP contribution is -2.28. The van der Waals surface area contributed by atoms with Crippen LogP contribution in [0.15, 0.2) is 12.2 Å². The zero-order chi connectivity index (χ0) is 15.8. The van der Waals surface area contributed by atoms with E-state index in [-0.39, 0.29) is 25.1 Å². The maximum atomic E-state index is 11.8. The van der Waals surface area contributed by atoms with Crippen LogP contribution in [0, 0.1) is 11.8 Å². The molecule has 0 bridgehead atoms. The van der Waals surface area contributed by atoms with Crippen molar-refractivity contribution in [3.05, 3.63) is 12.2 Å². The van der Waals surface area contributed by atoms with Crippen molar-refractivity contribution in [2.75, 3.05) is 13.2 Å². The van der Waals surface area contributed by atoms with Gasteiger partial charge in [-0.15, -0.1) is 0 Å². The standard InChI is InChI=1S/C15H22O6/c1-10(2)14(18)20-7-4-8-21-15(19)12-6-3-5-11(9-12)13(16)17/h11-12H,1,3-9H2,2H3,(H,16,17). The van der Waals surface area contributed by atoms with Crippen molar-refractivity contribution < 1.29 is 29.0 Å². The highest BCUT2D eigenvalue weighted by Gasteiger charge is 2.31. The number of carboxylic acids is 1. The van der Waals surface area contributed by atoms with Crippen LogP contribution in [-0.4, -0.2) is 36.2 Å². The molecule has 0 aromatic heterocycles. The molecular formula is C15H22O6. The summed E-state index contributed by atoms with van der Waals surface area (Å²) in [5, 5.41) is 8.97. The van der Waals surface area contributed by atoms with Gasteiger partial charge in [-0.1, -0.05) is 13.0 Å². The van der Waals surface area contributed by atoms with Gasteiger partial charge in [0.2, 0.25) is 0 Å². The highest BCUT2D eigenvalue weighted by Crippen LogP contribution is 2.30. The number of hydrogen-bond acceptors (Lipinski definition) is 5. The molecule has 1 aliphatic carbocycles. The number of carboxylic acid groups (broad SMARTS) is 1. The van der Waals surface area contributed by atoms with E-state index in [2.05, 4.69) is 6.58 Å². The average Bonchev–Trinajstić information content (AvgIpc) is 2.46. The van der Waals surface area contributed by atoms with E-state index in [9.17, 15) is 14.4 Å². The molecule has 1 rings (SSSR count). The lowest BCUT2D eigenvalue weighted by atomic mass is 9.81. The third-order valence-corrected chi connectivity index (χ3v) is 3.47.